The van der Waals surface area contributed by atoms with Gasteiger partial charge in [0.2, 0.25) is 0 Å². The Balaban J connectivity index is 1.99. The average molecular weight is 596 g/mol. The smallest absolute Gasteiger partial charge is 0.273 e. The van der Waals surface area contributed by atoms with Crippen LogP contribution in [0.2, 0.25) is 10.0 Å². The quantitative estimate of drug-likeness (QED) is 0.203. The van der Waals surface area contributed by atoms with Gasteiger partial charge in [-0.3, -0.25) is 29.3 Å². The summed E-state index contributed by atoms with van der Waals surface area (Å²) in [6.07, 6.45) is 1.05. The van der Waals surface area contributed by atoms with Crippen molar-refractivity contribution in [3.8, 4) is 5.75 Å². The number of rotatable bonds is 10. The van der Waals surface area contributed by atoms with E-state index in [2.05, 4.69) is 10.5 Å². The fourth-order valence-electron chi connectivity index (χ4n) is 3.31. The van der Waals surface area contributed by atoms with Gasteiger partial charge in [0.15, 0.2) is 0 Å². The Morgan fingerprint density at radius 3 is 2.44 bits per heavy atom. The van der Waals surface area contributed by atoms with E-state index in [1.165, 1.54) is 56.5 Å². The average Bonchev–Trinajstić information content (AvgIpc) is 2.88. The van der Waals surface area contributed by atoms with Crippen molar-refractivity contribution in [2.45, 2.75) is 11.8 Å². The van der Waals surface area contributed by atoms with Crippen molar-refractivity contribution >= 4 is 62.4 Å². The third-order valence-electron chi connectivity index (χ3n) is 5.25. The molecule has 0 aliphatic rings. The number of carbonyl (C=O) groups is 1. The summed E-state index contributed by atoms with van der Waals surface area (Å²) in [5.74, 6) is -0.885. The molecule has 204 valence electrons. The van der Waals surface area contributed by atoms with Gasteiger partial charge in [0, 0.05) is 39.4 Å². The molecule has 3 rings (SSSR count). The molecule has 0 fully saturated rings. The molecule has 1 amide bonds. The van der Waals surface area contributed by atoms with Gasteiger partial charge in [0.25, 0.3) is 27.3 Å². The Kier molecular flexibility index (Phi) is 9.06. The van der Waals surface area contributed by atoms with E-state index in [0.29, 0.717) is 4.31 Å². The lowest BCUT2D eigenvalue weighted by atomic mass is 10.2. The molecule has 0 atom stereocenters. The maximum atomic E-state index is 13.7. The first-order valence-corrected chi connectivity index (χ1v) is 12.9. The molecule has 39 heavy (non-hydrogen) atoms. The van der Waals surface area contributed by atoms with Crippen LogP contribution in [0.4, 0.5) is 17.1 Å². The number of methoxy groups -OCH3 is 1. The van der Waals surface area contributed by atoms with Crippen molar-refractivity contribution in [1.29, 1.82) is 0 Å². The Labute approximate surface area is 231 Å². The number of halogens is 2. The highest BCUT2D eigenvalue weighted by molar-refractivity contribution is 7.92. The number of nitrogens with one attached hydrogen (secondary N) is 1. The number of carbonyl (C=O) groups excluding carboxylic acids is 1. The van der Waals surface area contributed by atoms with Crippen molar-refractivity contribution in [1.82, 2.24) is 5.43 Å². The summed E-state index contributed by atoms with van der Waals surface area (Å²) in [6.45, 7) is 0.603. The van der Waals surface area contributed by atoms with Crippen LogP contribution in [0.1, 0.15) is 11.1 Å². The van der Waals surface area contributed by atoms with Gasteiger partial charge in [0.1, 0.15) is 12.3 Å². The topological polar surface area (TPSA) is 174 Å². The number of hydrazone groups is 1. The van der Waals surface area contributed by atoms with Gasteiger partial charge in [-0.05, 0) is 37.3 Å². The molecule has 0 spiro atoms. The van der Waals surface area contributed by atoms with E-state index >= 15 is 0 Å². The van der Waals surface area contributed by atoms with E-state index in [0.717, 1.165) is 18.3 Å². The van der Waals surface area contributed by atoms with E-state index in [9.17, 15) is 33.4 Å². The molecule has 0 aromatic heterocycles. The molecule has 1 N–H and O–H groups in total. The molecule has 0 aliphatic heterocycles. The predicted octanol–water partition coefficient (Wildman–Crippen LogP) is 4.47. The van der Waals surface area contributed by atoms with Crippen LogP contribution in [0, 0.1) is 27.2 Å². The van der Waals surface area contributed by atoms with Gasteiger partial charge in [-0.2, -0.15) is 5.10 Å². The summed E-state index contributed by atoms with van der Waals surface area (Å²) in [4.78, 5) is 33.4. The largest absolute Gasteiger partial charge is 0.495 e. The molecule has 3 aromatic rings. The third-order valence-corrected chi connectivity index (χ3v) is 7.58. The van der Waals surface area contributed by atoms with E-state index < -0.39 is 42.9 Å². The highest BCUT2D eigenvalue weighted by atomic mass is 35.5. The van der Waals surface area contributed by atoms with Crippen LogP contribution in [0.15, 0.2) is 64.6 Å². The predicted molar refractivity (Wildman–Crippen MR) is 144 cm³/mol. The number of anilines is 1. The zero-order valence-electron chi connectivity index (χ0n) is 20.2. The molecule has 0 saturated carbocycles. The molecular weight excluding hydrogens is 577 g/mol. The summed E-state index contributed by atoms with van der Waals surface area (Å²) in [5.41, 5.74) is 1.68. The summed E-state index contributed by atoms with van der Waals surface area (Å²) in [5, 5.41) is 26.4. The second kappa shape index (κ2) is 12.1. The van der Waals surface area contributed by atoms with E-state index in [1.54, 1.807) is 0 Å². The molecule has 0 heterocycles. The fraction of sp³-hybridized carbons (Fsp3) is 0.130. The molecule has 13 nitrogen and oxygen atoms in total. The monoisotopic (exact) mass is 595 g/mol. The molecule has 0 aliphatic carbocycles. The Bertz CT molecular complexity index is 1600. The lowest BCUT2D eigenvalue weighted by Crippen LogP contribution is -2.39. The lowest BCUT2D eigenvalue weighted by Gasteiger charge is -2.25. The van der Waals surface area contributed by atoms with Crippen LogP contribution < -0.4 is 14.5 Å². The fourth-order valence-corrected chi connectivity index (χ4v) is 5.09. The molecule has 3 aromatic carbocycles. The number of sulfonamides is 1. The Hall–Kier alpha value is -4.27. The number of hydrogen-bond donors (Lipinski definition) is 1. The highest BCUT2D eigenvalue weighted by Gasteiger charge is 2.31. The minimum absolute atomic E-state index is 0.0456. The van der Waals surface area contributed by atoms with Crippen molar-refractivity contribution in [2.24, 2.45) is 5.10 Å². The second-order valence-corrected chi connectivity index (χ2v) is 10.5. The molecule has 0 saturated heterocycles. The standard InChI is InChI=1S/C23H19Cl2N5O8S/c1-14-3-6-18(11-20(14)30(34)35)39(36,37)28(21-10-16(24)4-8-22(21)38-2)13-23(31)27-26-12-15-9-17(29(32)33)5-7-19(15)25/h3-12H,13H2,1-2H3,(H,27,31)/b26-12-. The van der Waals surface area contributed by atoms with Crippen molar-refractivity contribution < 1.29 is 27.8 Å². The highest BCUT2D eigenvalue weighted by Crippen LogP contribution is 2.35. The number of nitrogens with zero attached hydrogens (tertiary/aromatic N) is 4. The first kappa shape index (κ1) is 29.3. The molecule has 0 unspecified atom stereocenters. The van der Waals surface area contributed by atoms with Gasteiger partial charge >= 0.3 is 0 Å². The number of nitro groups is 2. The summed E-state index contributed by atoms with van der Waals surface area (Å²) < 4.78 is 33.3. The van der Waals surface area contributed by atoms with Crippen LogP contribution in [-0.2, 0) is 14.8 Å². The van der Waals surface area contributed by atoms with E-state index in [4.69, 9.17) is 27.9 Å². The van der Waals surface area contributed by atoms with Crippen LogP contribution in [0.5, 0.6) is 5.75 Å². The second-order valence-electron chi connectivity index (χ2n) is 7.79. The van der Waals surface area contributed by atoms with Crippen molar-refractivity contribution in [3.05, 3.63) is 96.0 Å². The lowest BCUT2D eigenvalue weighted by molar-refractivity contribution is -0.385. The first-order valence-electron chi connectivity index (χ1n) is 10.7. The minimum atomic E-state index is -4.59. The number of non-ortho nitro benzene ring substituents is 1. The Morgan fingerprint density at radius 1 is 1.08 bits per heavy atom. The van der Waals surface area contributed by atoms with Crippen LogP contribution in [0.3, 0.4) is 0 Å². The van der Waals surface area contributed by atoms with Crippen LogP contribution in [-0.4, -0.2) is 44.0 Å². The number of nitro benzene ring substituents is 2. The van der Waals surface area contributed by atoms with Crippen molar-refractivity contribution in [2.75, 3.05) is 18.0 Å². The molecule has 0 bridgehead atoms. The Morgan fingerprint density at radius 2 is 1.79 bits per heavy atom. The summed E-state index contributed by atoms with van der Waals surface area (Å²) >= 11 is 12.1. The van der Waals surface area contributed by atoms with Gasteiger partial charge in [-0.25, -0.2) is 13.8 Å². The minimum Gasteiger partial charge on any atom is -0.495 e. The molecular formula is C23H19Cl2N5O8S. The van der Waals surface area contributed by atoms with Crippen molar-refractivity contribution in [3.63, 3.8) is 0 Å². The number of hydrogen-bond acceptors (Lipinski definition) is 9. The molecule has 16 heteroatoms. The summed E-state index contributed by atoms with van der Waals surface area (Å²) in [6, 6.07) is 11.0. The van der Waals surface area contributed by atoms with Gasteiger partial charge < -0.3 is 4.74 Å². The number of ether oxygens (including phenoxy) is 1. The first-order chi connectivity index (χ1) is 18.3. The summed E-state index contributed by atoms with van der Waals surface area (Å²) in [7, 11) is -3.31. The van der Waals surface area contributed by atoms with E-state index in [1.807, 2.05) is 0 Å². The zero-order valence-corrected chi connectivity index (χ0v) is 22.5. The number of aryl methyl sites for hydroxylation is 1. The maximum absolute atomic E-state index is 13.7. The van der Waals surface area contributed by atoms with E-state index in [-0.39, 0.29) is 38.3 Å². The van der Waals surface area contributed by atoms with Gasteiger partial charge in [-0.15, -0.1) is 0 Å². The van der Waals surface area contributed by atoms with Crippen LogP contribution in [0.25, 0.3) is 0 Å². The SMILES string of the molecule is COc1ccc(Cl)cc1N(CC(=O)N/N=C\c1cc([N+](=O)[O-])ccc1Cl)S(=O)(=O)c1ccc(C)c([N+](=O)[O-])c1. The number of benzene rings is 3. The zero-order chi connectivity index (χ0) is 28.9. The maximum Gasteiger partial charge on any atom is 0.273 e. The van der Waals surface area contributed by atoms with Gasteiger partial charge in [0.05, 0.1) is 33.8 Å². The normalized spacial score (nSPS) is 11.3. The number of amides is 1. The van der Waals surface area contributed by atoms with Crippen LogP contribution >= 0.6 is 23.2 Å². The van der Waals surface area contributed by atoms with Gasteiger partial charge in [-0.1, -0.05) is 29.3 Å². The third kappa shape index (κ3) is 6.79. The molecule has 0 radical (unpaired) electrons.